The summed E-state index contributed by atoms with van der Waals surface area (Å²) in [5, 5.41) is 6.79. The molecule has 2 rings (SSSR count). The number of carbonyl (C=O) groups excluding carboxylic acids is 1. The Kier molecular flexibility index (Phi) is 4.53. The summed E-state index contributed by atoms with van der Waals surface area (Å²) in [6, 6.07) is 9.96. The summed E-state index contributed by atoms with van der Waals surface area (Å²) >= 11 is 0. The van der Waals surface area contributed by atoms with E-state index in [0.29, 0.717) is 5.69 Å². The molecule has 0 aliphatic rings. The molecule has 0 fully saturated rings. The molecular formula is C15H20N4O. The molecule has 1 aromatic heterocycles. The summed E-state index contributed by atoms with van der Waals surface area (Å²) in [6.07, 6.45) is 3.62. The molecule has 106 valence electrons. The van der Waals surface area contributed by atoms with Crippen molar-refractivity contribution in [3.05, 3.63) is 47.8 Å². The van der Waals surface area contributed by atoms with Crippen molar-refractivity contribution >= 4 is 5.91 Å². The van der Waals surface area contributed by atoms with Gasteiger partial charge in [0.2, 0.25) is 0 Å². The van der Waals surface area contributed by atoms with Gasteiger partial charge in [-0.15, -0.1) is 0 Å². The third-order valence-electron chi connectivity index (χ3n) is 3.27. The first-order valence-corrected chi connectivity index (χ1v) is 6.76. The molecule has 0 bridgehead atoms. The highest BCUT2D eigenvalue weighted by Crippen LogP contribution is 2.11. The molecule has 1 unspecified atom stereocenters. The van der Waals surface area contributed by atoms with Gasteiger partial charge < -0.3 is 11.1 Å². The Morgan fingerprint density at radius 3 is 2.65 bits per heavy atom. The quantitative estimate of drug-likeness (QED) is 0.866. The molecule has 0 saturated carbocycles. The highest BCUT2D eigenvalue weighted by atomic mass is 16.1. The highest BCUT2D eigenvalue weighted by molar-refractivity contribution is 5.91. The van der Waals surface area contributed by atoms with Gasteiger partial charge in [-0.2, -0.15) is 5.10 Å². The number of aromatic nitrogens is 2. The lowest BCUT2D eigenvalue weighted by atomic mass is 10.0. The van der Waals surface area contributed by atoms with E-state index in [-0.39, 0.29) is 11.9 Å². The van der Waals surface area contributed by atoms with E-state index in [4.69, 9.17) is 5.73 Å². The van der Waals surface area contributed by atoms with Crippen LogP contribution in [-0.2, 0) is 6.42 Å². The van der Waals surface area contributed by atoms with Crippen LogP contribution in [0.5, 0.6) is 0 Å². The number of nitrogens with one attached hydrogen (secondary N) is 1. The van der Waals surface area contributed by atoms with E-state index in [1.54, 1.807) is 24.0 Å². The first kappa shape index (κ1) is 14.3. The van der Waals surface area contributed by atoms with Crippen LogP contribution < -0.4 is 11.1 Å². The monoisotopic (exact) mass is 272 g/mol. The van der Waals surface area contributed by atoms with Gasteiger partial charge in [0.05, 0.1) is 5.69 Å². The summed E-state index contributed by atoms with van der Waals surface area (Å²) in [5.41, 5.74) is 8.49. The lowest BCUT2D eigenvalue weighted by Crippen LogP contribution is -2.21. The van der Waals surface area contributed by atoms with Crippen LogP contribution in [0.1, 0.15) is 29.4 Å². The molecule has 2 aromatic rings. The number of nitrogens with two attached hydrogens (primary N) is 1. The van der Waals surface area contributed by atoms with Crippen molar-refractivity contribution in [1.82, 2.24) is 15.1 Å². The lowest BCUT2D eigenvalue weighted by Gasteiger charge is -2.09. The minimum Gasteiger partial charge on any atom is -0.354 e. The van der Waals surface area contributed by atoms with Gasteiger partial charge in [-0.05, 0) is 36.6 Å². The van der Waals surface area contributed by atoms with Gasteiger partial charge >= 0.3 is 0 Å². The second-order valence-corrected chi connectivity index (χ2v) is 4.76. The Morgan fingerprint density at radius 2 is 2.05 bits per heavy atom. The number of amides is 1. The number of benzene rings is 1. The van der Waals surface area contributed by atoms with E-state index < -0.39 is 0 Å². The Hall–Kier alpha value is -2.14. The van der Waals surface area contributed by atoms with Gasteiger partial charge in [-0.25, -0.2) is 4.68 Å². The fourth-order valence-electron chi connectivity index (χ4n) is 1.95. The largest absolute Gasteiger partial charge is 0.354 e. The average molecular weight is 272 g/mol. The summed E-state index contributed by atoms with van der Waals surface area (Å²) < 4.78 is 1.69. The third kappa shape index (κ3) is 3.24. The fourth-order valence-corrected chi connectivity index (χ4v) is 1.95. The maximum absolute atomic E-state index is 11.5. The second-order valence-electron chi connectivity index (χ2n) is 4.76. The maximum atomic E-state index is 11.5. The molecular weight excluding hydrogens is 252 g/mol. The van der Waals surface area contributed by atoms with Crippen LogP contribution >= 0.6 is 0 Å². The van der Waals surface area contributed by atoms with Crippen LogP contribution in [0.2, 0.25) is 0 Å². The predicted molar refractivity (Wildman–Crippen MR) is 78.9 cm³/mol. The zero-order chi connectivity index (χ0) is 14.5. The number of rotatable bonds is 5. The van der Waals surface area contributed by atoms with Crippen molar-refractivity contribution in [2.75, 3.05) is 7.05 Å². The molecule has 1 heterocycles. The SMILES string of the molecule is CCC(N)Cc1ccc(-n2ccc(C(=O)NC)n2)cc1. The molecule has 5 nitrogen and oxygen atoms in total. The molecule has 1 atom stereocenters. The van der Waals surface area contributed by atoms with Crippen LogP contribution in [0.15, 0.2) is 36.5 Å². The molecule has 3 N–H and O–H groups in total. The van der Waals surface area contributed by atoms with Gasteiger partial charge in [0.1, 0.15) is 0 Å². The second kappa shape index (κ2) is 6.34. The van der Waals surface area contributed by atoms with Crippen molar-refractivity contribution in [2.24, 2.45) is 5.73 Å². The summed E-state index contributed by atoms with van der Waals surface area (Å²) in [7, 11) is 1.59. The Morgan fingerprint density at radius 1 is 1.35 bits per heavy atom. The summed E-state index contributed by atoms with van der Waals surface area (Å²) in [4.78, 5) is 11.5. The van der Waals surface area contributed by atoms with E-state index in [0.717, 1.165) is 18.5 Å². The van der Waals surface area contributed by atoms with Crippen molar-refractivity contribution < 1.29 is 4.79 Å². The first-order valence-electron chi connectivity index (χ1n) is 6.76. The van der Waals surface area contributed by atoms with Gasteiger partial charge in [-0.3, -0.25) is 4.79 Å². The Bertz CT molecular complexity index is 574. The molecule has 1 amide bonds. The molecule has 0 radical (unpaired) electrons. The number of hydrogen-bond acceptors (Lipinski definition) is 3. The number of carbonyl (C=O) groups is 1. The maximum Gasteiger partial charge on any atom is 0.271 e. The molecule has 20 heavy (non-hydrogen) atoms. The van der Waals surface area contributed by atoms with Gasteiger partial charge in [0, 0.05) is 19.3 Å². The molecule has 0 saturated heterocycles. The van der Waals surface area contributed by atoms with Crippen LogP contribution in [-0.4, -0.2) is 28.8 Å². The van der Waals surface area contributed by atoms with Crippen molar-refractivity contribution in [3.8, 4) is 5.69 Å². The predicted octanol–water partition coefficient (Wildman–Crippen LogP) is 1.51. The minimum atomic E-state index is -0.186. The normalized spacial score (nSPS) is 12.2. The van der Waals surface area contributed by atoms with Crippen LogP contribution in [0, 0.1) is 0 Å². The Balaban J connectivity index is 2.13. The molecule has 0 aliphatic carbocycles. The molecule has 0 spiro atoms. The van der Waals surface area contributed by atoms with Crippen molar-refractivity contribution in [1.29, 1.82) is 0 Å². The first-order chi connectivity index (χ1) is 9.63. The number of hydrogen-bond donors (Lipinski definition) is 2. The fraction of sp³-hybridized carbons (Fsp3) is 0.333. The zero-order valence-corrected chi connectivity index (χ0v) is 11.8. The van der Waals surface area contributed by atoms with E-state index in [1.165, 1.54) is 5.56 Å². The highest BCUT2D eigenvalue weighted by Gasteiger charge is 2.08. The molecule has 5 heteroatoms. The van der Waals surface area contributed by atoms with E-state index in [9.17, 15) is 4.79 Å². The lowest BCUT2D eigenvalue weighted by molar-refractivity contribution is 0.0957. The topological polar surface area (TPSA) is 72.9 Å². The van der Waals surface area contributed by atoms with E-state index in [2.05, 4.69) is 17.3 Å². The third-order valence-corrected chi connectivity index (χ3v) is 3.27. The standard InChI is InChI=1S/C15H20N4O/c1-3-12(16)10-11-4-6-13(7-5-11)19-9-8-14(18-19)15(20)17-2/h4-9,12H,3,10,16H2,1-2H3,(H,17,20). The molecule has 0 aliphatic heterocycles. The van der Waals surface area contributed by atoms with Gasteiger partial charge in [0.25, 0.3) is 5.91 Å². The molecule has 1 aromatic carbocycles. The summed E-state index contributed by atoms with van der Waals surface area (Å²) in [6.45, 7) is 2.09. The average Bonchev–Trinajstić information content (AvgIpc) is 2.97. The van der Waals surface area contributed by atoms with Crippen molar-refractivity contribution in [3.63, 3.8) is 0 Å². The zero-order valence-electron chi connectivity index (χ0n) is 11.8. The van der Waals surface area contributed by atoms with Crippen LogP contribution in [0.4, 0.5) is 0 Å². The van der Waals surface area contributed by atoms with Crippen molar-refractivity contribution in [2.45, 2.75) is 25.8 Å². The minimum absolute atomic E-state index is 0.186. The Labute approximate surface area is 118 Å². The van der Waals surface area contributed by atoms with Crippen LogP contribution in [0.25, 0.3) is 5.69 Å². The van der Waals surface area contributed by atoms with Gasteiger partial charge in [-0.1, -0.05) is 19.1 Å². The van der Waals surface area contributed by atoms with E-state index >= 15 is 0 Å². The van der Waals surface area contributed by atoms with E-state index in [1.807, 2.05) is 24.3 Å². The van der Waals surface area contributed by atoms with Gasteiger partial charge in [0.15, 0.2) is 5.69 Å². The van der Waals surface area contributed by atoms with Crippen LogP contribution in [0.3, 0.4) is 0 Å². The number of nitrogens with zero attached hydrogens (tertiary/aromatic N) is 2. The smallest absolute Gasteiger partial charge is 0.271 e. The summed E-state index contributed by atoms with van der Waals surface area (Å²) in [5.74, 6) is -0.186.